The van der Waals surface area contributed by atoms with Gasteiger partial charge in [0.05, 0.1) is 5.69 Å². The summed E-state index contributed by atoms with van der Waals surface area (Å²) in [6.07, 6.45) is 2.57. The average Bonchev–Trinajstić information content (AvgIpc) is 2.56. The molecule has 5 nitrogen and oxygen atoms in total. The van der Waals surface area contributed by atoms with E-state index in [4.69, 9.17) is 0 Å². The number of aromatic nitrogens is 1. The highest BCUT2D eigenvalue weighted by molar-refractivity contribution is 5.89. The van der Waals surface area contributed by atoms with Gasteiger partial charge in [-0.1, -0.05) is 12.1 Å². The Morgan fingerprint density at radius 3 is 2.67 bits per heavy atom. The molecule has 2 heterocycles. The van der Waals surface area contributed by atoms with E-state index in [-0.39, 0.29) is 6.03 Å². The van der Waals surface area contributed by atoms with E-state index < -0.39 is 11.4 Å². The number of carbonyl (C=O) groups excluding carboxylic acids is 1. The van der Waals surface area contributed by atoms with Crippen molar-refractivity contribution in [3.05, 3.63) is 59.7 Å². The molecule has 1 aliphatic rings. The number of nitrogens with one attached hydrogen (secondary N) is 1. The lowest BCUT2D eigenvalue weighted by molar-refractivity contribution is -0.0193. The average molecular weight is 329 g/mol. The molecule has 2 N–H and O–H groups in total. The number of hydrogen-bond donors (Lipinski definition) is 2. The van der Waals surface area contributed by atoms with Gasteiger partial charge in [0, 0.05) is 25.0 Å². The quantitative estimate of drug-likeness (QED) is 0.890. The Morgan fingerprint density at radius 2 is 2.04 bits per heavy atom. The number of hydrogen-bond acceptors (Lipinski definition) is 3. The standard InChI is InChI=1S/C18H20FN3O2/c1-13-5-6-16(20-12-13)18(24)7-9-22(10-8-18)17(23)21-15-4-2-3-14(19)11-15/h2-6,11-12,24H,7-10H2,1H3,(H,21,23). The number of benzene rings is 1. The van der Waals surface area contributed by atoms with Gasteiger partial charge in [-0.2, -0.15) is 0 Å². The van der Waals surface area contributed by atoms with Gasteiger partial charge in [-0.05, 0) is 49.6 Å². The minimum absolute atomic E-state index is 0.292. The fourth-order valence-corrected chi connectivity index (χ4v) is 2.85. The van der Waals surface area contributed by atoms with Crippen LogP contribution in [0.5, 0.6) is 0 Å². The zero-order chi connectivity index (χ0) is 17.2. The number of amides is 2. The van der Waals surface area contributed by atoms with E-state index in [9.17, 15) is 14.3 Å². The molecular formula is C18H20FN3O2. The summed E-state index contributed by atoms with van der Waals surface area (Å²) in [7, 11) is 0. The third kappa shape index (κ3) is 3.54. The lowest BCUT2D eigenvalue weighted by Crippen LogP contribution is -2.47. The first kappa shape index (κ1) is 16.4. The van der Waals surface area contributed by atoms with Crippen molar-refractivity contribution in [2.75, 3.05) is 18.4 Å². The maximum absolute atomic E-state index is 13.2. The lowest BCUT2D eigenvalue weighted by atomic mass is 9.87. The van der Waals surface area contributed by atoms with E-state index in [1.54, 1.807) is 23.2 Å². The molecule has 0 atom stereocenters. The van der Waals surface area contributed by atoms with E-state index in [1.807, 2.05) is 19.1 Å². The zero-order valence-corrected chi connectivity index (χ0v) is 13.5. The first-order valence-corrected chi connectivity index (χ1v) is 7.93. The topological polar surface area (TPSA) is 65.5 Å². The van der Waals surface area contributed by atoms with E-state index in [2.05, 4.69) is 10.3 Å². The lowest BCUT2D eigenvalue weighted by Gasteiger charge is -2.37. The van der Waals surface area contributed by atoms with Gasteiger partial charge in [0.2, 0.25) is 0 Å². The summed E-state index contributed by atoms with van der Waals surface area (Å²) in [4.78, 5) is 18.2. The minimum atomic E-state index is -1.01. The summed E-state index contributed by atoms with van der Waals surface area (Å²) < 4.78 is 13.2. The molecule has 1 saturated heterocycles. The van der Waals surface area contributed by atoms with Gasteiger partial charge < -0.3 is 15.3 Å². The molecule has 2 amide bonds. The summed E-state index contributed by atoms with van der Waals surface area (Å²) in [6, 6.07) is 9.24. The number of pyridine rings is 1. The van der Waals surface area contributed by atoms with Crippen molar-refractivity contribution < 1.29 is 14.3 Å². The molecule has 1 aromatic carbocycles. The van der Waals surface area contributed by atoms with Gasteiger partial charge in [0.1, 0.15) is 11.4 Å². The van der Waals surface area contributed by atoms with Gasteiger partial charge in [0.15, 0.2) is 0 Å². The van der Waals surface area contributed by atoms with Crippen molar-refractivity contribution in [1.29, 1.82) is 0 Å². The number of nitrogens with zero attached hydrogens (tertiary/aromatic N) is 2. The monoisotopic (exact) mass is 329 g/mol. The molecule has 3 rings (SSSR count). The number of urea groups is 1. The summed E-state index contributed by atoms with van der Waals surface area (Å²) in [5, 5.41) is 13.5. The first-order valence-electron chi connectivity index (χ1n) is 7.93. The number of carbonyl (C=O) groups is 1. The Bertz CT molecular complexity index is 725. The van der Waals surface area contributed by atoms with Crippen molar-refractivity contribution in [1.82, 2.24) is 9.88 Å². The number of anilines is 1. The molecule has 6 heteroatoms. The Morgan fingerprint density at radius 1 is 1.29 bits per heavy atom. The summed E-state index contributed by atoms with van der Waals surface area (Å²) in [6.45, 7) is 2.76. The largest absolute Gasteiger partial charge is 0.383 e. The molecule has 1 aromatic heterocycles. The summed E-state index contributed by atoms with van der Waals surface area (Å²) in [5.41, 5.74) is 1.08. The van der Waals surface area contributed by atoms with Crippen molar-refractivity contribution >= 4 is 11.7 Å². The van der Waals surface area contributed by atoms with Crippen molar-refractivity contribution in [3.63, 3.8) is 0 Å². The molecule has 0 bridgehead atoms. The predicted octanol–water partition coefficient (Wildman–Crippen LogP) is 3.04. The number of aliphatic hydroxyl groups is 1. The van der Waals surface area contributed by atoms with Crippen LogP contribution in [0.3, 0.4) is 0 Å². The molecule has 126 valence electrons. The SMILES string of the molecule is Cc1ccc(C2(O)CCN(C(=O)Nc3cccc(F)c3)CC2)nc1. The van der Waals surface area contributed by atoms with E-state index in [0.29, 0.717) is 37.3 Å². The number of rotatable bonds is 2. The molecule has 1 aliphatic heterocycles. The number of aryl methyl sites for hydroxylation is 1. The van der Waals surface area contributed by atoms with Crippen LogP contribution in [-0.2, 0) is 5.60 Å². The molecule has 24 heavy (non-hydrogen) atoms. The molecule has 0 unspecified atom stereocenters. The molecule has 0 spiro atoms. The molecular weight excluding hydrogens is 309 g/mol. The molecule has 1 fully saturated rings. The van der Waals surface area contributed by atoms with Crippen LogP contribution >= 0.6 is 0 Å². The van der Waals surface area contributed by atoms with Crippen molar-refractivity contribution in [3.8, 4) is 0 Å². The number of halogens is 1. The first-order chi connectivity index (χ1) is 11.5. The second kappa shape index (κ2) is 6.57. The fourth-order valence-electron chi connectivity index (χ4n) is 2.85. The maximum Gasteiger partial charge on any atom is 0.321 e. The van der Waals surface area contributed by atoms with E-state index in [1.165, 1.54) is 12.1 Å². The molecule has 0 saturated carbocycles. The van der Waals surface area contributed by atoms with Crippen LogP contribution in [0.1, 0.15) is 24.1 Å². The number of likely N-dealkylation sites (tertiary alicyclic amines) is 1. The van der Waals surface area contributed by atoms with Crippen LogP contribution in [0, 0.1) is 12.7 Å². The van der Waals surface area contributed by atoms with Crippen molar-refractivity contribution in [2.24, 2.45) is 0 Å². The van der Waals surface area contributed by atoms with Gasteiger partial charge in [-0.15, -0.1) is 0 Å². The fraction of sp³-hybridized carbons (Fsp3) is 0.333. The second-order valence-electron chi connectivity index (χ2n) is 6.18. The zero-order valence-electron chi connectivity index (χ0n) is 13.5. The summed E-state index contributed by atoms with van der Waals surface area (Å²) >= 11 is 0. The minimum Gasteiger partial charge on any atom is -0.383 e. The third-order valence-corrected chi connectivity index (χ3v) is 4.34. The van der Waals surface area contributed by atoms with Crippen LogP contribution in [0.2, 0.25) is 0 Å². The van der Waals surface area contributed by atoms with Gasteiger partial charge in [-0.25, -0.2) is 9.18 Å². The Labute approximate surface area is 140 Å². The highest BCUT2D eigenvalue weighted by Crippen LogP contribution is 2.31. The Hall–Kier alpha value is -2.47. The highest BCUT2D eigenvalue weighted by atomic mass is 19.1. The van der Waals surface area contributed by atoms with Gasteiger partial charge in [0.25, 0.3) is 0 Å². The van der Waals surface area contributed by atoms with Crippen molar-refractivity contribution in [2.45, 2.75) is 25.4 Å². The van der Waals surface area contributed by atoms with E-state index >= 15 is 0 Å². The van der Waals surface area contributed by atoms with Crippen LogP contribution in [0.15, 0.2) is 42.6 Å². The van der Waals surface area contributed by atoms with Crippen LogP contribution in [-0.4, -0.2) is 34.1 Å². The van der Waals surface area contributed by atoms with Crippen LogP contribution in [0.25, 0.3) is 0 Å². The highest BCUT2D eigenvalue weighted by Gasteiger charge is 2.36. The third-order valence-electron chi connectivity index (χ3n) is 4.34. The maximum atomic E-state index is 13.2. The molecule has 0 radical (unpaired) electrons. The summed E-state index contributed by atoms with van der Waals surface area (Å²) in [5.74, 6) is -0.397. The molecule has 0 aliphatic carbocycles. The van der Waals surface area contributed by atoms with E-state index in [0.717, 1.165) is 5.56 Å². The van der Waals surface area contributed by atoms with Gasteiger partial charge in [-0.3, -0.25) is 4.98 Å². The normalized spacial score (nSPS) is 16.7. The molecule has 2 aromatic rings. The Balaban J connectivity index is 1.62. The van der Waals surface area contributed by atoms with Gasteiger partial charge >= 0.3 is 6.03 Å². The van der Waals surface area contributed by atoms with Crippen LogP contribution in [0.4, 0.5) is 14.9 Å². The Kier molecular flexibility index (Phi) is 4.49. The second-order valence-corrected chi connectivity index (χ2v) is 6.18. The smallest absolute Gasteiger partial charge is 0.321 e. The predicted molar refractivity (Wildman–Crippen MR) is 89.1 cm³/mol. The van der Waals surface area contributed by atoms with Crippen LogP contribution < -0.4 is 5.32 Å². The number of piperidine rings is 1.